The van der Waals surface area contributed by atoms with Crippen LogP contribution in [-0.2, 0) is 13.1 Å². The van der Waals surface area contributed by atoms with Crippen molar-refractivity contribution < 1.29 is 4.74 Å². The van der Waals surface area contributed by atoms with Gasteiger partial charge in [-0.3, -0.25) is 9.67 Å². The van der Waals surface area contributed by atoms with E-state index in [4.69, 9.17) is 10.5 Å². The van der Waals surface area contributed by atoms with Crippen LogP contribution in [0.15, 0.2) is 18.5 Å². The highest BCUT2D eigenvalue weighted by Crippen LogP contribution is 2.27. The third-order valence-electron chi connectivity index (χ3n) is 2.91. The van der Waals surface area contributed by atoms with E-state index in [0.29, 0.717) is 6.54 Å². The number of ether oxygens (including phenoxy) is 1. The van der Waals surface area contributed by atoms with Crippen LogP contribution in [0.2, 0.25) is 0 Å². The van der Waals surface area contributed by atoms with Gasteiger partial charge in [-0.1, -0.05) is 6.92 Å². The van der Waals surface area contributed by atoms with Crippen LogP contribution in [0.4, 0.5) is 0 Å². The van der Waals surface area contributed by atoms with Crippen LogP contribution < -0.4 is 10.5 Å². The molecule has 0 aliphatic carbocycles. The summed E-state index contributed by atoms with van der Waals surface area (Å²) in [7, 11) is 0. The molecule has 0 bridgehead atoms. The first kappa shape index (κ1) is 13.5. The molecule has 0 spiro atoms. The first-order valence-electron chi connectivity index (χ1n) is 6.51. The van der Waals surface area contributed by atoms with Crippen molar-refractivity contribution in [3.05, 3.63) is 35.4 Å². The molecule has 5 heteroatoms. The Labute approximate surface area is 113 Å². The number of aromatic nitrogens is 3. The quantitative estimate of drug-likeness (QED) is 0.897. The van der Waals surface area contributed by atoms with E-state index < -0.39 is 0 Å². The summed E-state index contributed by atoms with van der Waals surface area (Å²) in [4.78, 5) is 4.40. The summed E-state index contributed by atoms with van der Waals surface area (Å²) >= 11 is 0. The zero-order valence-electron chi connectivity index (χ0n) is 11.7. The number of nitrogens with zero attached hydrogens (tertiary/aromatic N) is 3. The average molecular weight is 260 g/mol. The molecular formula is C14H20N4O. The molecule has 2 aromatic rings. The second-order valence-corrected chi connectivity index (χ2v) is 4.57. The third-order valence-corrected chi connectivity index (χ3v) is 2.91. The van der Waals surface area contributed by atoms with Crippen LogP contribution in [0.25, 0.3) is 0 Å². The number of hydrogen-bond acceptors (Lipinski definition) is 4. The molecule has 2 N–H and O–H groups in total. The molecule has 0 saturated carbocycles. The van der Waals surface area contributed by atoms with E-state index in [-0.39, 0.29) is 0 Å². The summed E-state index contributed by atoms with van der Waals surface area (Å²) in [5.74, 6) is 1.50. The standard InChI is InChI=1S/C14H20N4O/c1-4-5-18-9-12(8-16-18)19-14-6-10(2)17-11(3)13(14)7-15/h6,8-9H,4-5,7,15H2,1-3H3. The number of nitrogens with two attached hydrogens (primary N) is 1. The van der Waals surface area contributed by atoms with Gasteiger partial charge in [0.05, 0.1) is 12.4 Å². The van der Waals surface area contributed by atoms with Crippen molar-refractivity contribution in [2.24, 2.45) is 5.73 Å². The monoisotopic (exact) mass is 260 g/mol. The van der Waals surface area contributed by atoms with Gasteiger partial charge < -0.3 is 10.5 Å². The van der Waals surface area contributed by atoms with E-state index in [1.54, 1.807) is 6.20 Å². The Morgan fingerprint density at radius 3 is 2.84 bits per heavy atom. The van der Waals surface area contributed by atoms with Crippen LogP contribution in [0.1, 0.15) is 30.3 Å². The summed E-state index contributed by atoms with van der Waals surface area (Å²) in [5, 5.41) is 4.25. The molecule has 0 fully saturated rings. The van der Waals surface area contributed by atoms with Gasteiger partial charge in [-0.05, 0) is 20.3 Å². The van der Waals surface area contributed by atoms with Crippen LogP contribution in [0, 0.1) is 13.8 Å². The summed E-state index contributed by atoms with van der Waals surface area (Å²) < 4.78 is 7.76. The molecule has 0 atom stereocenters. The number of aryl methyl sites for hydroxylation is 3. The summed E-state index contributed by atoms with van der Waals surface area (Å²) in [6.07, 6.45) is 4.67. The van der Waals surface area contributed by atoms with Crippen molar-refractivity contribution in [2.45, 2.75) is 40.3 Å². The molecule has 0 aliphatic rings. The van der Waals surface area contributed by atoms with Crippen LogP contribution >= 0.6 is 0 Å². The first-order chi connectivity index (χ1) is 9.13. The van der Waals surface area contributed by atoms with Gasteiger partial charge in [0.1, 0.15) is 5.75 Å². The minimum absolute atomic E-state index is 0.414. The Bertz CT molecular complexity index is 563. The number of pyridine rings is 1. The van der Waals surface area contributed by atoms with Gasteiger partial charge in [-0.25, -0.2) is 0 Å². The minimum Gasteiger partial charge on any atom is -0.454 e. The van der Waals surface area contributed by atoms with Crippen molar-refractivity contribution in [3.63, 3.8) is 0 Å². The predicted molar refractivity (Wildman–Crippen MR) is 74.2 cm³/mol. The highest BCUT2D eigenvalue weighted by atomic mass is 16.5. The molecule has 0 saturated heterocycles. The molecule has 102 valence electrons. The van der Waals surface area contributed by atoms with Crippen LogP contribution in [0.5, 0.6) is 11.5 Å². The number of rotatable bonds is 5. The van der Waals surface area contributed by atoms with Gasteiger partial charge in [0.2, 0.25) is 0 Å². The zero-order chi connectivity index (χ0) is 13.8. The molecule has 2 rings (SSSR count). The van der Waals surface area contributed by atoms with E-state index in [1.807, 2.05) is 30.8 Å². The lowest BCUT2D eigenvalue weighted by Crippen LogP contribution is -2.04. The van der Waals surface area contributed by atoms with E-state index in [0.717, 1.165) is 41.4 Å². The van der Waals surface area contributed by atoms with Gasteiger partial charge in [-0.15, -0.1) is 0 Å². The topological polar surface area (TPSA) is 66.0 Å². The van der Waals surface area contributed by atoms with Gasteiger partial charge in [0.15, 0.2) is 5.75 Å². The van der Waals surface area contributed by atoms with Crippen molar-refractivity contribution in [1.29, 1.82) is 0 Å². The second kappa shape index (κ2) is 5.84. The highest BCUT2D eigenvalue weighted by Gasteiger charge is 2.10. The molecular weight excluding hydrogens is 240 g/mol. The summed E-state index contributed by atoms with van der Waals surface area (Å²) in [6, 6.07) is 1.91. The van der Waals surface area contributed by atoms with Crippen LogP contribution in [-0.4, -0.2) is 14.8 Å². The Kier molecular flexibility index (Phi) is 4.16. The van der Waals surface area contributed by atoms with Crippen molar-refractivity contribution in [3.8, 4) is 11.5 Å². The van der Waals surface area contributed by atoms with E-state index in [2.05, 4.69) is 17.0 Å². The first-order valence-corrected chi connectivity index (χ1v) is 6.51. The molecule has 2 aromatic heterocycles. The Hall–Kier alpha value is -1.88. The van der Waals surface area contributed by atoms with E-state index in [1.165, 1.54) is 0 Å². The van der Waals surface area contributed by atoms with E-state index >= 15 is 0 Å². The van der Waals surface area contributed by atoms with Crippen molar-refractivity contribution in [2.75, 3.05) is 0 Å². The Balaban J connectivity index is 2.26. The fourth-order valence-electron chi connectivity index (χ4n) is 2.03. The smallest absolute Gasteiger partial charge is 0.165 e. The van der Waals surface area contributed by atoms with Crippen LogP contribution in [0.3, 0.4) is 0 Å². The maximum Gasteiger partial charge on any atom is 0.165 e. The fourth-order valence-corrected chi connectivity index (χ4v) is 2.03. The van der Waals surface area contributed by atoms with E-state index in [9.17, 15) is 0 Å². The third kappa shape index (κ3) is 3.12. The molecule has 0 aliphatic heterocycles. The molecule has 0 amide bonds. The summed E-state index contributed by atoms with van der Waals surface area (Å²) in [6.45, 7) is 7.31. The molecule has 2 heterocycles. The lowest BCUT2D eigenvalue weighted by Gasteiger charge is -2.11. The summed E-state index contributed by atoms with van der Waals surface area (Å²) in [5.41, 5.74) is 8.54. The normalized spacial score (nSPS) is 10.7. The van der Waals surface area contributed by atoms with Gasteiger partial charge in [-0.2, -0.15) is 5.10 Å². The lowest BCUT2D eigenvalue weighted by molar-refractivity contribution is 0.472. The Morgan fingerprint density at radius 1 is 1.37 bits per heavy atom. The van der Waals surface area contributed by atoms with Crippen molar-refractivity contribution in [1.82, 2.24) is 14.8 Å². The number of hydrogen-bond donors (Lipinski definition) is 1. The predicted octanol–water partition coefficient (Wildman–Crippen LogP) is 2.56. The average Bonchev–Trinajstić information content (AvgIpc) is 2.76. The molecule has 5 nitrogen and oxygen atoms in total. The van der Waals surface area contributed by atoms with Crippen molar-refractivity contribution >= 4 is 0 Å². The van der Waals surface area contributed by atoms with Gasteiger partial charge in [0, 0.05) is 36.1 Å². The maximum absolute atomic E-state index is 5.89. The Morgan fingerprint density at radius 2 is 2.16 bits per heavy atom. The zero-order valence-corrected chi connectivity index (χ0v) is 11.7. The molecule has 19 heavy (non-hydrogen) atoms. The van der Waals surface area contributed by atoms with Gasteiger partial charge in [0.25, 0.3) is 0 Å². The SMILES string of the molecule is CCCn1cc(Oc2cc(C)nc(C)c2CN)cn1. The molecule has 0 radical (unpaired) electrons. The lowest BCUT2D eigenvalue weighted by atomic mass is 10.1. The molecule has 0 aromatic carbocycles. The fraction of sp³-hybridized carbons (Fsp3) is 0.429. The minimum atomic E-state index is 0.414. The highest BCUT2D eigenvalue weighted by molar-refractivity contribution is 5.40. The van der Waals surface area contributed by atoms with Gasteiger partial charge >= 0.3 is 0 Å². The maximum atomic E-state index is 5.89. The second-order valence-electron chi connectivity index (χ2n) is 4.57. The largest absolute Gasteiger partial charge is 0.454 e. The molecule has 0 unspecified atom stereocenters.